The summed E-state index contributed by atoms with van der Waals surface area (Å²) >= 11 is 7.34. The summed E-state index contributed by atoms with van der Waals surface area (Å²) < 4.78 is 5.25. The number of thiophene rings is 1. The molecule has 0 radical (unpaired) electrons. The molecule has 3 heterocycles. The van der Waals surface area contributed by atoms with Crippen molar-refractivity contribution in [3.63, 3.8) is 0 Å². The monoisotopic (exact) mass is 333 g/mol. The maximum Gasteiger partial charge on any atom is 0.170 e. The van der Waals surface area contributed by atoms with Gasteiger partial charge in [-0.2, -0.15) is 0 Å². The second-order valence-corrected chi connectivity index (χ2v) is 6.62. The Morgan fingerprint density at radius 2 is 2.27 bits per heavy atom. The average Bonchev–Trinajstić information content (AvgIpc) is 3.09. The molecule has 0 aliphatic carbocycles. The Labute approximate surface area is 140 Å². The molecule has 2 atom stereocenters. The van der Waals surface area contributed by atoms with Crippen LogP contribution in [0, 0.1) is 6.92 Å². The maximum atomic E-state index is 5.56. The number of hydrogen-bond acceptors (Lipinski definition) is 4. The molecule has 1 aliphatic heterocycles. The first-order chi connectivity index (χ1) is 10.7. The molecule has 1 saturated heterocycles. The van der Waals surface area contributed by atoms with Gasteiger partial charge in [0.25, 0.3) is 0 Å². The molecule has 0 spiro atoms. The van der Waals surface area contributed by atoms with E-state index < -0.39 is 0 Å². The van der Waals surface area contributed by atoms with Crippen molar-refractivity contribution < 1.29 is 4.74 Å². The van der Waals surface area contributed by atoms with Crippen molar-refractivity contribution in [2.75, 3.05) is 20.3 Å². The van der Waals surface area contributed by atoms with E-state index in [1.54, 1.807) is 18.4 Å². The van der Waals surface area contributed by atoms with Gasteiger partial charge >= 0.3 is 0 Å². The number of thiocarbonyl (C=S) groups is 1. The first-order valence-electron chi connectivity index (χ1n) is 7.23. The topological polar surface area (TPSA) is 37.4 Å². The normalized spacial score (nSPS) is 21.2. The minimum absolute atomic E-state index is 0.0721. The molecule has 1 fully saturated rings. The highest BCUT2D eigenvalue weighted by Gasteiger charge is 2.40. The zero-order chi connectivity index (χ0) is 15.5. The lowest BCUT2D eigenvalue weighted by atomic mass is 10.0. The van der Waals surface area contributed by atoms with Crippen LogP contribution in [0.5, 0.6) is 0 Å². The van der Waals surface area contributed by atoms with E-state index in [1.165, 1.54) is 10.4 Å². The molecule has 22 heavy (non-hydrogen) atoms. The van der Waals surface area contributed by atoms with Crippen molar-refractivity contribution in [2.45, 2.75) is 19.0 Å². The quantitative estimate of drug-likeness (QED) is 0.851. The predicted molar refractivity (Wildman–Crippen MR) is 93.1 cm³/mol. The first kappa shape index (κ1) is 15.4. The molecule has 3 rings (SSSR count). The van der Waals surface area contributed by atoms with E-state index >= 15 is 0 Å². The van der Waals surface area contributed by atoms with E-state index in [9.17, 15) is 0 Å². The number of rotatable bonds is 5. The Morgan fingerprint density at radius 1 is 1.41 bits per heavy atom. The van der Waals surface area contributed by atoms with Crippen molar-refractivity contribution >= 4 is 28.7 Å². The van der Waals surface area contributed by atoms with Crippen LogP contribution in [0.15, 0.2) is 35.8 Å². The molecular formula is C16H19N3OS2. The Balaban J connectivity index is 1.99. The van der Waals surface area contributed by atoms with Crippen LogP contribution in [0.4, 0.5) is 0 Å². The van der Waals surface area contributed by atoms with Gasteiger partial charge in [-0.15, -0.1) is 11.3 Å². The van der Waals surface area contributed by atoms with Crippen molar-refractivity contribution in [2.24, 2.45) is 0 Å². The summed E-state index contributed by atoms with van der Waals surface area (Å²) in [5, 5.41) is 6.34. The van der Waals surface area contributed by atoms with Crippen LogP contribution in [0.1, 0.15) is 28.2 Å². The van der Waals surface area contributed by atoms with Gasteiger partial charge in [0.05, 0.1) is 24.4 Å². The van der Waals surface area contributed by atoms with Gasteiger partial charge in [-0.05, 0) is 48.3 Å². The molecule has 0 amide bonds. The molecular weight excluding hydrogens is 314 g/mol. The van der Waals surface area contributed by atoms with Gasteiger partial charge < -0.3 is 15.0 Å². The maximum absolute atomic E-state index is 5.56. The van der Waals surface area contributed by atoms with Crippen LogP contribution in [-0.4, -0.2) is 35.3 Å². The molecule has 2 aromatic rings. The highest BCUT2D eigenvalue weighted by Crippen LogP contribution is 2.41. The van der Waals surface area contributed by atoms with Crippen molar-refractivity contribution in [3.05, 3.63) is 52.0 Å². The summed E-state index contributed by atoms with van der Waals surface area (Å²) in [6.45, 7) is 3.57. The third-order valence-electron chi connectivity index (χ3n) is 3.90. The summed E-state index contributed by atoms with van der Waals surface area (Å²) in [5.74, 6) is 0. The molecule has 116 valence electrons. The van der Waals surface area contributed by atoms with Crippen LogP contribution in [0.25, 0.3) is 0 Å². The van der Waals surface area contributed by atoms with E-state index in [4.69, 9.17) is 17.0 Å². The zero-order valence-electron chi connectivity index (χ0n) is 12.7. The molecule has 0 unspecified atom stereocenters. The van der Waals surface area contributed by atoms with E-state index in [0.717, 1.165) is 17.4 Å². The Morgan fingerprint density at radius 3 is 2.91 bits per heavy atom. The SMILES string of the molecule is COCCN1C(=S)N[C@@H](c2ccccn2)[C@@H]1c1sccc1C. The van der Waals surface area contributed by atoms with Gasteiger partial charge in [0.2, 0.25) is 0 Å². The number of methoxy groups -OCH3 is 1. The lowest BCUT2D eigenvalue weighted by Crippen LogP contribution is -2.32. The Kier molecular flexibility index (Phi) is 4.71. The van der Waals surface area contributed by atoms with Crippen molar-refractivity contribution in [1.29, 1.82) is 0 Å². The van der Waals surface area contributed by atoms with Crippen LogP contribution in [0.3, 0.4) is 0 Å². The second-order valence-electron chi connectivity index (χ2n) is 5.28. The minimum Gasteiger partial charge on any atom is -0.383 e. The number of aryl methyl sites for hydroxylation is 1. The van der Waals surface area contributed by atoms with Crippen LogP contribution in [-0.2, 0) is 4.74 Å². The van der Waals surface area contributed by atoms with Gasteiger partial charge in [0, 0.05) is 24.7 Å². The van der Waals surface area contributed by atoms with Gasteiger partial charge in [-0.1, -0.05) is 6.07 Å². The molecule has 4 nitrogen and oxygen atoms in total. The van der Waals surface area contributed by atoms with Crippen LogP contribution in [0.2, 0.25) is 0 Å². The van der Waals surface area contributed by atoms with Crippen molar-refractivity contribution in [3.8, 4) is 0 Å². The Hall–Kier alpha value is -1.50. The van der Waals surface area contributed by atoms with E-state index in [2.05, 4.69) is 39.6 Å². The second kappa shape index (κ2) is 6.73. The van der Waals surface area contributed by atoms with Crippen LogP contribution >= 0.6 is 23.6 Å². The lowest BCUT2D eigenvalue weighted by molar-refractivity contribution is 0.164. The number of pyridine rings is 1. The van der Waals surface area contributed by atoms with E-state index in [1.807, 2.05) is 18.3 Å². The molecule has 1 aliphatic rings. The summed E-state index contributed by atoms with van der Waals surface area (Å²) in [7, 11) is 1.72. The number of nitrogens with zero attached hydrogens (tertiary/aromatic N) is 2. The van der Waals surface area contributed by atoms with Gasteiger partial charge in [0.1, 0.15) is 0 Å². The fourth-order valence-electron chi connectivity index (χ4n) is 2.81. The smallest absolute Gasteiger partial charge is 0.170 e. The average molecular weight is 333 g/mol. The summed E-state index contributed by atoms with van der Waals surface area (Å²) in [6.07, 6.45) is 1.83. The highest BCUT2D eigenvalue weighted by atomic mass is 32.1. The van der Waals surface area contributed by atoms with Gasteiger partial charge in [-0.25, -0.2) is 0 Å². The summed E-state index contributed by atoms with van der Waals surface area (Å²) in [6, 6.07) is 8.40. The van der Waals surface area contributed by atoms with E-state index in [0.29, 0.717) is 6.61 Å². The Bertz CT molecular complexity index is 644. The first-order valence-corrected chi connectivity index (χ1v) is 8.52. The zero-order valence-corrected chi connectivity index (χ0v) is 14.3. The molecule has 6 heteroatoms. The minimum atomic E-state index is 0.0721. The molecule has 0 bridgehead atoms. The van der Waals surface area contributed by atoms with Gasteiger partial charge in [-0.3, -0.25) is 4.98 Å². The summed E-state index contributed by atoms with van der Waals surface area (Å²) in [4.78, 5) is 8.08. The molecule has 1 N–H and O–H groups in total. The van der Waals surface area contributed by atoms with Gasteiger partial charge in [0.15, 0.2) is 5.11 Å². The fourth-order valence-corrected chi connectivity index (χ4v) is 4.21. The van der Waals surface area contributed by atoms with Crippen molar-refractivity contribution in [1.82, 2.24) is 15.2 Å². The van der Waals surface area contributed by atoms with Crippen LogP contribution < -0.4 is 5.32 Å². The third kappa shape index (κ3) is 2.86. The molecule has 2 aromatic heterocycles. The fraction of sp³-hybridized carbons (Fsp3) is 0.375. The number of hydrogen-bond donors (Lipinski definition) is 1. The predicted octanol–water partition coefficient (Wildman–Crippen LogP) is 3.07. The summed E-state index contributed by atoms with van der Waals surface area (Å²) in [5.41, 5.74) is 2.31. The lowest BCUT2D eigenvalue weighted by Gasteiger charge is -2.27. The standard InChI is InChI=1S/C16H19N3OS2/c1-11-6-10-22-15(11)14-13(12-5-3-4-7-17-12)18-16(21)19(14)8-9-20-2/h3-7,10,13-14H,8-9H2,1-2H3,(H,18,21)/t13-,14+/m0/s1. The number of nitrogens with one attached hydrogen (secondary N) is 1. The highest BCUT2D eigenvalue weighted by molar-refractivity contribution is 7.80. The number of ether oxygens (including phenoxy) is 1. The van der Waals surface area contributed by atoms with E-state index in [-0.39, 0.29) is 12.1 Å². The number of aromatic nitrogens is 1. The molecule has 0 saturated carbocycles. The largest absolute Gasteiger partial charge is 0.383 e. The third-order valence-corrected chi connectivity index (χ3v) is 5.35. The molecule has 0 aromatic carbocycles.